The van der Waals surface area contributed by atoms with Crippen molar-refractivity contribution in [3.05, 3.63) is 34.3 Å². The average molecular weight is 242 g/mol. The molecule has 0 amide bonds. The highest BCUT2D eigenvalue weighted by Gasteiger charge is 2.03. The lowest BCUT2D eigenvalue weighted by molar-refractivity contribution is 0.208. The van der Waals surface area contributed by atoms with Gasteiger partial charge in [0.05, 0.1) is 13.2 Å². The second-order valence-corrected chi connectivity index (χ2v) is 3.74. The summed E-state index contributed by atoms with van der Waals surface area (Å²) in [6, 6.07) is 5.69. The van der Waals surface area contributed by atoms with E-state index in [9.17, 15) is 0 Å². The number of ether oxygens (including phenoxy) is 1. The molecule has 0 unspecified atom stereocenters. The summed E-state index contributed by atoms with van der Waals surface area (Å²) in [6.07, 6.45) is 0. The lowest BCUT2D eigenvalue weighted by Gasteiger charge is -2.07. The molecule has 0 aliphatic heterocycles. The molecule has 5 heteroatoms. The molecule has 0 radical (unpaired) electrons. The molecule has 1 rings (SSSR count). The van der Waals surface area contributed by atoms with Crippen LogP contribution in [0.4, 0.5) is 0 Å². The van der Waals surface area contributed by atoms with E-state index in [4.69, 9.17) is 22.2 Å². The third-order valence-corrected chi connectivity index (χ3v) is 2.55. The molecule has 0 atom stereocenters. The Bertz CT molecular complexity index is 379. The van der Waals surface area contributed by atoms with E-state index in [1.807, 2.05) is 25.1 Å². The van der Waals surface area contributed by atoms with E-state index in [1.165, 1.54) is 0 Å². The third-order valence-electron chi connectivity index (χ3n) is 2.15. The first kappa shape index (κ1) is 13.0. The van der Waals surface area contributed by atoms with Gasteiger partial charge in [-0.1, -0.05) is 23.7 Å². The molecule has 0 saturated carbocycles. The minimum Gasteiger partial charge on any atom is -0.383 e. The summed E-state index contributed by atoms with van der Waals surface area (Å²) in [7, 11) is 1.63. The maximum atomic E-state index is 6.03. The van der Waals surface area contributed by atoms with Crippen molar-refractivity contribution >= 4 is 17.4 Å². The van der Waals surface area contributed by atoms with E-state index in [-0.39, 0.29) is 0 Å². The number of nitrogens with zero attached hydrogens (tertiary/aromatic N) is 1. The highest BCUT2D eigenvalue weighted by atomic mass is 35.5. The number of benzene rings is 1. The van der Waals surface area contributed by atoms with Gasteiger partial charge in [0.1, 0.15) is 5.84 Å². The van der Waals surface area contributed by atoms with Gasteiger partial charge in [-0.25, -0.2) is 5.84 Å². The molecule has 0 aromatic heterocycles. The highest BCUT2D eigenvalue weighted by molar-refractivity contribution is 6.31. The van der Waals surface area contributed by atoms with Crippen LogP contribution in [0, 0.1) is 6.92 Å². The van der Waals surface area contributed by atoms with Gasteiger partial charge in [-0.2, -0.15) is 0 Å². The number of halogens is 1. The normalized spacial score (nSPS) is 11.6. The van der Waals surface area contributed by atoms with Gasteiger partial charge in [-0.05, 0) is 18.6 Å². The molecule has 0 heterocycles. The van der Waals surface area contributed by atoms with Crippen LogP contribution in [-0.2, 0) is 4.74 Å². The zero-order valence-corrected chi connectivity index (χ0v) is 10.2. The first-order chi connectivity index (χ1) is 7.69. The van der Waals surface area contributed by atoms with E-state index in [0.717, 1.165) is 11.1 Å². The Morgan fingerprint density at radius 2 is 2.31 bits per heavy atom. The van der Waals surface area contributed by atoms with Crippen molar-refractivity contribution in [3.8, 4) is 0 Å². The molecule has 16 heavy (non-hydrogen) atoms. The number of nitrogens with two attached hydrogens (primary N) is 1. The number of methoxy groups -OCH3 is 1. The first-order valence-electron chi connectivity index (χ1n) is 4.95. The van der Waals surface area contributed by atoms with Crippen molar-refractivity contribution in [1.82, 2.24) is 5.43 Å². The van der Waals surface area contributed by atoms with Crippen molar-refractivity contribution in [3.63, 3.8) is 0 Å². The topological polar surface area (TPSA) is 59.6 Å². The Balaban J connectivity index is 2.86. The molecule has 1 aromatic rings. The van der Waals surface area contributed by atoms with Gasteiger partial charge in [0.15, 0.2) is 0 Å². The molecule has 88 valence electrons. The van der Waals surface area contributed by atoms with Crippen molar-refractivity contribution in [2.75, 3.05) is 20.3 Å². The zero-order valence-electron chi connectivity index (χ0n) is 9.46. The summed E-state index contributed by atoms with van der Waals surface area (Å²) >= 11 is 6.03. The molecular weight excluding hydrogens is 226 g/mol. The van der Waals surface area contributed by atoms with Crippen LogP contribution in [-0.4, -0.2) is 26.1 Å². The summed E-state index contributed by atoms with van der Waals surface area (Å²) in [5.74, 6) is 6.02. The van der Waals surface area contributed by atoms with Crippen LogP contribution in [0.15, 0.2) is 23.2 Å². The fourth-order valence-electron chi connectivity index (χ4n) is 1.21. The van der Waals surface area contributed by atoms with E-state index in [2.05, 4.69) is 10.4 Å². The Kier molecular flexibility index (Phi) is 5.25. The molecule has 0 spiro atoms. The summed E-state index contributed by atoms with van der Waals surface area (Å²) < 4.78 is 4.91. The van der Waals surface area contributed by atoms with E-state index < -0.39 is 0 Å². The van der Waals surface area contributed by atoms with Crippen molar-refractivity contribution in [1.29, 1.82) is 0 Å². The van der Waals surface area contributed by atoms with Gasteiger partial charge in [0.2, 0.25) is 0 Å². The van der Waals surface area contributed by atoms with Crippen LogP contribution in [0.5, 0.6) is 0 Å². The van der Waals surface area contributed by atoms with Crippen molar-refractivity contribution in [2.24, 2.45) is 10.8 Å². The fraction of sp³-hybridized carbons (Fsp3) is 0.364. The minimum atomic E-state index is 0.557. The van der Waals surface area contributed by atoms with Gasteiger partial charge in [0.25, 0.3) is 0 Å². The lowest BCUT2D eigenvalue weighted by atomic mass is 10.1. The average Bonchev–Trinajstić information content (AvgIpc) is 2.29. The summed E-state index contributed by atoms with van der Waals surface area (Å²) in [5, 5.41) is 0.701. The maximum Gasteiger partial charge on any atom is 0.142 e. The zero-order chi connectivity index (χ0) is 12.0. The van der Waals surface area contributed by atoms with Gasteiger partial charge >= 0.3 is 0 Å². The SMILES string of the molecule is COCCN=C(NN)c1ccc(C)c(Cl)c1. The van der Waals surface area contributed by atoms with Crippen molar-refractivity contribution < 1.29 is 4.74 Å². The Labute approximate surface area is 100 Å². The Morgan fingerprint density at radius 1 is 1.56 bits per heavy atom. The number of rotatable bonds is 4. The summed E-state index contributed by atoms with van der Waals surface area (Å²) in [6.45, 7) is 3.07. The number of nitrogens with one attached hydrogen (secondary N) is 1. The summed E-state index contributed by atoms with van der Waals surface area (Å²) in [4.78, 5) is 4.27. The summed E-state index contributed by atoms with van der Waals surface area (Å²) in [5.41, 5.74) is 4.46. The third kappa shape index (κ3) is 3.48. The van der Waals surface area contributed by atoms with E-state index in [1.54, 1.807) is 7.11 Å². The molecule has 0 fully saturated rings. The molecule has 0 aliphatic rings. The standard InChI is InChI=1S/C11H16ClN3O/c1-8-3-4-9(7-10(8)12)11(15-13)14-5-6-16-2/h3-4,7H,5-6,13H2,1-2H3,(H,14,15). The second kappa shape index (κ2) is 6.48. The molecule has 0 saturated heterocycles. The molecule has 0 aliphatic carbocycles. The molecular formula is C11H16ClN3O. The number of hydrogen-bond donors (Lipinski definition) is 2. The number of hydrogen-bond acceptors (Lipinski definition) is 3. The van der Waals surface area contributed by atoms with Crippen LogP contribution < -0.4 is 11.3 Å². The molecule has 1 aromatic carbocycles. The largest absolute Gasteiger partial charge is 0.383 e. The van der Waals surface area contributed by atoms with Gasteiger partial charge in [-0.3, -0.25) is 4.99 Å². The number of aryl methyl sites for hydroxylation is 1. The monoisotopic (exact) mass is 241 g/mol. The van der Waals surface area contributed by atoms with E-state index >= 15 is 0 Å². The number of amidine groups is 1. The van der Waals surface area contributed by atoms with Crippen LogP contribution in [0.1, 0.15) is 11.1 Å². The van der Waals surface area contributed by atoms with Gasteiger partial charge in [0, 0.05) is 17.7 Å². The predicted octanol–water partition coefficient (Wildman–Crippen LogP) is 1.50. The van der Waals surface area contributed by atoms with E-state index in [0.29, 0.717) is 24.0 Å². The Morgan fingerprint density at radius 3 is 2.88 bits per heavy atom. The minimum absolute atomic E-state index is 0.557. The number of hydrazine groups is 1. The molecule has 0 bridgehead atoms. The highest BCUT2D eigenvalue weighted by Crippen LogP contribution is 2.16. The van der Waals surface area contributed by atoms with Crippen molar-refractivity contribution in [2.45, 2.75) is 6.92 Å². The predicted molar refractivity (Wildman–Crippen MR) is 66.8 cm³/mol. The smallest absolute Gasteiger partial charge is 0.142 e. The Hall–Kier alpha value is -1.10. The first-order valence-corrected chi connectivity index (χ1v) is 5.33. The molecule has 3 N–H and O–H groups in total. The quantitative estimate of drug-likeness (QED) is 0.276. The number of aliphatic imine (C=N–C) groups is 1. The van der Waals surface area contributed by atoms with Crippen LogP contribution in [0.25, 0.3) is 0 Å². The van der Waals surface area contributed by atoms with Gasteiger partial charge in [-0.15, -0.1) is 0 Å². The lowest BCUT2D eigenvalue weighted by Crippen LogP contribution is -2.31. The molecule has 4 nitrogen and oxygen atoms in total. The fourth-order valence-corrected chi connectivity index (χ4v) is 1.39. The van der Waals surface area contributed by atoms with Crippen LogP contribution in [0.3, 0.4) is 0 Å². The van der Waals surface area contributed by atoms with Gasteiger partial charge < -0.3 is 10.2 Å². The van der Waals surface area contributed by atoms with Crippen LogP contribution >= 0.6 is 11.6 Å². The van der Waals surface area contributed by atoms with Crippen LogP contribution in [0.2, 0.25) is 5.02 Å². The maximum absolute atomic E-state index is 6.03. The second-order valence-electron chi connectivity index (χ2n) is 3.33.